The summed E-state index contributed by atoms with van der Waals surface area (Å²) in [5.74, 6) is 1.56. The smallest absolute Gasteiger partial charge is 0.111 e. The molecule has 0 aliphatic rings. The Balaban J connectivity index is 2.57. The van der Waals surface area contributed by atoms with Crippen molar-refractivity contribution in [2.45, 2.75) is 40.2 Å². The number of halogens is 1. The molecule has 0 saturated carbocycles. The molecule has 4 heteroatoms. The van der Waals surface area contributed by atoms with Crippen LogP contribution in [-0.4, -0.2) is 15.4 Å². The Morgan fingerprint density at radius 3 is 2.75 bits per heavy atom. The molecule has 0 N–H and O–H groups in total. The van der Waals surface area contributed by atoms with E-state index in [2.05, 4.69) is 36.4 Å². The molecule has 0 fully saturated rings. The van der Waals surface area contributed by atoms with Gasteiger partial charge in [-0.05, 0) is 30.0 Å². The lowest BCUT2D eigenvalue weighted by molar-refractivity contribution is 0.294. The fourth-order valence-corrected chi connectivity index (χ4v) is 2.40. The molecule has 0 bridgehead atoms. The standard InChI is InChI=1S/C16H20ClN3/c1-4-16(2,3)11-20-14-9-12(10-18)5-6-13(14)19-15(20)7-8-17/h5-6,9H,4,7-8,11H2,1-3H3. The van der Waals surface area contributed by atoms with Gasteiger partial charge in [-0.2, -0.15) is 5.26 Å². The Morgan fingerprint density at radius 1 is 1.40 bits per heavy atom. The summed E-state index contributed by atoms with van der Waals surface area (Å²) in [4.78, 5) is 4.67. The van der Waals surface area contributed by atoms with Crippen LogP contribution in [0.1, 0.15) is 38.6 Å². The molecule has 1 aromatic heterocycles. The summed E-state index contributed by atoms with van der Waals surface area (Å²) in [6.07, 6.45) is 1.84. The normalized spacial score (nSPS) is 11.8. The van der Waals surface area contributed by atoms with Crippen molar-refractivity contribution in [2.24, 2.45) is 5.41 Å². The molecule has 3 nitrogen and oxygen atoms in total. The Labute approximate surface area is 125 Å². The molecule has 0 aliphatic carbocycles. The van der Waals surface area contributed by atoms with E-state index >= 15 is 0 Å². The molecule has 0 aliphatic heterocycles. The molecule has 1 aromatic carbocycles. The van der Waals surface area contributed by atoms with Gasteiger partial charge in [0.2, 0.25) is 0 Å². The lowest BCUT2D eigenvalue weighted by Gasteiger charge is -2.24. The third-order valence-corrected chi connectivity index (χ3v) is 4.01. The van der Waals surface area contributed by atoms with Crippen LogP contribution in [-0.2, 0) is 13.0 Å². The minimum absolute atomic E-state index is 0.192. The third-order valence-electron chi connectivity index (χ3n) is 3.82. The average Bonchev–Trinajstić information content (AvgIpc) is 2.76. The van der Waals surface area contributed by atoms with Gasteiger partial charge in [0.15, 0.2) is 0 Å². The highest BCUT2D eigenvalue weighted by molar-refractivity contribution is 6.17. The fraction of sp³-hybridized carbons (Fsp3) is 0.500. The lowest BCUT2D eigenvalue weighted by atomic mass is 9.90. The first-order chi connectivity index (χ1) is 9.50. The maximum atomic E-state index is 9.08. The second kappa shape index (κ2) is 5.85. The van der Waals surface area contributed by atoms with Crippen molar-refractivity contribution in [1.29, 1.82) is 5.26 Å². The van der Waals surface area contributed by atoms with E-state index in [1.807, 2.05) is 18.2 Å². The maximum Gasteiger partial charge on any atom is 0.111 e. The zero-order valence-electron chi connectivity index (χ0n) is 12.3. The van der Waals surface area contributed by atoms with Gasteiger partial charge in [0.05, 0.1) is 22.7 Å². The number of nitrogens with zero attached hydrogens (tertiary/aromatic N) is 3. The van der Waals surface area contributed by atoms with Crippen molar-refractivity contribution in [2.75, 3.05) is 5.88 Å². The van der Waals surface area contributed by atoms with E-state index in [-0.39, 0.29) is 5.41 Å². The summed E-state index contributed by atoms with van der Waals surface area (Å²) in [7, 11) is 0. The number of imidazole rings is 1. The first-order valence-corrected chi connectivity index (χ1v) is 7.49. The van der Waals surface area contributed by atoms with Gasteiger partial charge in [-0.15, -0.1) is 11.6 Å². The highest BCUT2D eigenvalue weighted by Gasteiger charge is 2.20. The van der Waals surface area contributed by atoms with Gasteiger partial charge in [-0.3, -0.25) is 0 Å². The highest BCUT2D eigenvalue weighted by Crippen LogP contribution is 2.27. The summed E-state index contributed by atoms with van der Waals surface area (Å²) in [6, 6.07) is 7.85. The minimum Gasteiger partial charge on any atom is -0.327 e. The van der Waals surface area contributed by atoms with Gasteiger partial charge in [0.25, 0.3) is 0 Å². The largest absolute Gasteiger partial charge is 0.327 e. The SMILES string of the molecule is CCC(C)(C)Cn1c(CCCl)nc2ccc(C#N)cc21. The number of aryl methyl sites for hydroxylation is 1. The average molecular weight is 290 g/mol. The van der Waals surface area contributed by atoms with Crippen LogP contribution in [0.4, 0.5) is 0 Å². The van der Waals surface area contributed by atoms with Crippen LogP contribution in [0.25, 0.3) is 11.0 Å². The molecule has 1 heterocycles. The Hall–Kier alpha value is -1.53. The Kier molecular flexibility index (Phi) is 4.35. The van der Waals surface area contributed by atoms with Gasteiger partial charge in [0, 0.05) is 18.8 Å². The lowest BCUT2D eigenvalue weighted by Crippen LogP contribution is -2.20. The van der Waals surface area contributed by atoms with E-state index in [1.54, 1.807) is 0 Å². The van der Waals surface area contributed by atoms with Crippen LogP contribution in [0, 0.1) is 16.7 Å². The van der Waals surface area contributed by atoms with E-state index in [0.29, 0.717) is 11.4 Å². The van der Waals surface area contributed by atoms with Gasteiger partial charge in [-0.1, -0.05) is 20.8 Å². The summed E-state index contributed by atoms with van der Waals surface area (Å²) in [5.41, 5.74) is 2.84. The Bertz CT molecular complexity index is 650. The van der Waals surface area contributed by atoms with Crippen LogP contribution in [0.3, 0.4) is 0 Å². The van der Waals surface area contributed by atoms with Crippen molar-refractivity contribution in [3.8, 4) is 6.07 Å². The molecule has 0 unspecified atom stereocenters. The van der Waals surface area contributed by atoms with Crippen LogP contribution in [0.15, 0.2) is 18.2 Å². The van der Waals surface area contributed by atoms with Crippen LogP contribution >= 0.6 is 11.6 Å². The third kappa shape index (κ3) is 2.96. The van der Waals surface area contributed by atoms with Crippen molar-refractivity contribution in [3.63, 3.8) is 0 Å². The molecular formula is C16H20ClN3. The molecule has 20 heavy (non-hydrogen) atoms. The topological polar surface area (TPSA) is 41.6 Å². The van der Waals surface area contributed by atoms with Crippen LogP contribution in [0.5, 0.6) is 0 Å². The highest BCUT2D eigenvalue weighted by atomic mass is 35.5. The molecule has 2 aromatic rings. The quantitative estimate of drug-likeness (QED) is 0.777. The predicted octanol–water partition coefficient (Wildman–Crippen LogP) is 4.13. The summed E-state index contributed by atoms with van der Waals surface area (Å²) in [6.45, 7) is 7.58. The zero-order chi connectivity index (χ0) is 14.8. The van der Waals surface area contributed by atoms with Crippen molar-refractivity contribution in [3.05, 3.63) is 29.6 Å². The maximum absolute atomic E-state index is 9.08. The summed E-state index contributed by atoms with van der Waals surface area (Å²) >= 11 is 5.89. The number of aromatic nitrogens is 2. The summed E-state index contributed by atoms with van der Waals surface area (Å²) in [5, 5.41) is 9.08. The molecular weight excluding hydrogens is 270 g/mol. The summed E-state index contributed by atoms with van der Waals surface area (Å²) < 4.78 is 2.22. The van der Waals surface area contributed by atoms with Gasteiger partial charge in [-0.25, -0.2) is 4.98 Å². The number of nitriles is 1. The van der Waals surface area contributed by atoms with E-state index in [4.69, 9.17) is 16.9 Å². The fourth-order valence-electron chi connectivity index (χ4n) is 2.23. The molecule has 2 rings (SSSR count). The van der Waals surface area contributed by atoms with E-state index in [1.165, 1.54) is 0 Å². The van der Waals surface area contributed by atoms with Crippen molar-refractivity contribution in [1.82, 2.24) is 9.55 Å². The van der Waals surface area contributed by atoms with Crippen LogP contribution in [0.2, 0.25) is 0 Å². The number of alkyl halides is 1. The van der Waals surface area contributed by atoms with Crippen molar-refractivity contribution >= 4 is 22.6 Å². The number of rotatable bonds is 5. The molecule has 0 saturated heterocycles. The number of fused-ring (bicyclic) bond motifs is 1. The number of hydrogen-bond donors (Lipinski definition) is 0. The molecule has 0 spiro atoms. The van der Waals surface area contributed by atoms with Crippen LogP contribution < -0.4 is 0 Å². The first-order valence-electron chi connectivity index (χ1n) is 6.96. The molecule has 0 amide bonds. The molecule has 0 atom stereocenters. The minimum atomic E-state index is 0.192. The first kappa shape index (κ1) is 14.9. The van der Waals surface area contributed by atoms with Gasteiger partial charge >= 0.3 is 0 Å². The number of hydrogen-bond acceptors (Lipinski definition) is 2. The van der Waals surface area contributed by atoms with E-state index < -0.39 is 0 Å². The number of benzene rings is 1. The van der Waals surface area contributed by atoms with E-state index in [9.17, 15) is 0 Å². The second-order valence-electron chi connectivity index (χ2n) is 5.89. The Morgan fingerprint density at radius 2 is 2.15 bits per heavy atom. The van der Waals surface area contributed by atoms with Gasteiger partial charge < -0.3 is 4.57 Å². The molecule has 0 radical (unpaired) electrons. The van der Waals surface area contributed by atoms with Gasteiger partial charge in [0.1, 0.15) is 5.82 Å². The zero-order valence-corrected chi connectivity index (χ0v) is 13.0. The second-order valence-corrected chi connectivity index (χ2v) is 6.26. The molecule has 106 valence electrons. The predicted molar refractivity (Wildman–Crippen MR) is 82.9 cm³/mol. The monoisotopic (exact) mass is 289 g/mol. The van der Waals surface area contributed by atoms with E-state index in [0.717, 1.165) is 36.2 Å². The van der Waals surface area contributed by atoms with Crippen molar-refractivity contribution < 1.29 is 0 Å².